The van der Waals surface area contributed by atoms with Crippen LogP contribution in [-0.2, 0) is 12.6 Å². The number of nitrogen functional groups attached to an aromatic ring is 1. The minimum Gasteiger partial charge on any atom is -0.388 e. The van der Waals surface area contributed by atoms with Crippen molar-refractivity contribution in [3.63, 3.8) is 0 Å². The lowest BCUT2D eigenvalue weighted by molar-refractivity contribution is 0.0300. The molecule has 2 saturated carbocycles. The molecule has 3 aromatic rings. The predicted octanol–water partition coefficient (Wildman–Crippen LogP) is 4.66. The number of benzene rings is 1. The van der Waals surface area contributed by atoms with Gasteiger partial charge in [-0.3, -0.25) is 14.5 Å². The van der Waals surface area contributed by atoms with E-state index >= 15 is 0 Å². The molecule has 0 spiro atoms. The Kier molecular flexibility index (Phi) is 7.10. The Hall–Kier alpha value is -3.04. The fraction of sp³-hybridized carbons (Fsp3) is 0.400. The molecule has 5 rings (SSSR count). The van der Waals surface area contributed by atoms with Crippen LogP contribution in [0.15, 0.2) is 36.5 Å². The Morgan fingerprint density at radius 2 is 1.91 bits per heavy atom. The molecule has 2 atom stereocenters. The Balaban J connectivity index is 0.000000243. The minimum absolute atomic E-state index is 0.145. The maximum atomic E-state index is 13.1. The van der Waals surface area contributed by atoms with Crippen molar-refractivity contribution in [1.29, 1.82) is 0 Å². The van der Waals surface area contributed by atoms with Gasteiger partial charge >= 0.3 is 0 Å². The lowest BCUT2D eigenvalue weighted by atomic mass is 9.89. The van der Waals surface area contributed by atoms with Crippen molar-refractivity contribution in [2.24, 2.45) is 18.9 Å². The summed E-state index contributed by atoms with van der Waals surface area (Å²) in [6, 6.07) is 7.40. The maximum absolute atomic E-state index is 13.1. The standard InChI is InChI=1S/C18H21FN4O2.C7H7ClFN/c1-23-17(20)14(9-24)16(22-23)10-4-11-6-18(25,7-12(11)5-10)15-3-2-13(19)8-21-15;1-10-5-2-3-7(9)6(8)4-5/h2-3,8-12,25H,4-7,20H2,1H3;2-4,10H,1H3. The van der Waals surface area contributed by atoms with E-state index in [1.807, 2.05) is 0 Å². The third-order valence-electron chi connectivity index (χ3n) is 7.12. The van der Waals surface area contributed by atoms with Crippen LogP contribution in [0.5, 0.6) is 0 Å². The van der Waals surface area contributed by atoms with Gasteiger partial charge in [-0.05, 0) is 67.9 Å². The minimum atomic E-state index is -0.995. The van der Waals surface area contributed by atoms with E-state index in [1.54, 1.807) is 30.9 Å². The van der Waals surface area contributed by atoms with Crippen LogP contribution >= 0.6 is 11.6 Å². The summed E-state index contributed by atoms with van der Waals surface area (Å²) < 4.78 is 27.1. The van der Waals surface area contributed by atoms with Crippen LogP contribution in [-0.4, -0.2) is 33.2 Å². The summed E-state index contributed by atoms with van der Waals surface area (Å²) in [6.45, 7) is 0. The molecule has 4 N–H and O–H groups in total. The number of nitrogens with two attached hydrogens (primary N) is 1. The molecular weight excluding hydrogens is 476 g/mol. The molecule has 0 bridgehead atoms. The smallest absolute Gasteiger partial charge is 0.155 e. The quantitative estimate of drug-likeness (QED) is 0.447. The summed E-state index contributed by atoms with van der Waals surface area (Å²) in [6.07, 6.45) is 4.87. The number of anilines is 2. The highest BCUT2D eigenvalue weighted by molar-refractivity contribution is 6.31. The second-order valence-electron chi connectivity index (χ2n) is 9.29. The lowest BCUT2D eigenvalue weighted by Crippen LogP contribution is -2.24. The number of rotatable bonds is 4. The van der Waals surface area contributed by atoms with Crippen molar-refractivity contribution in [2.75, 3.05) is 18.1 Å². The molecular formula is C25H28ClF2N5O2. The zero-order valence-electron chi connectivity index (χ0n) is 19.5. The summed E-state index contributed by atoms with van der Waals surface area (Å²) in [5.74, 6) is 0.466. The molecule has 2 aromatic heterocycles. The first-order chi connectivity index (χ1) is 16.6. The number of hydrogen-bond donors (Lipinski definition) is 3. The second-order valence-corrected chi connectivity index (χ2v) is 9.70. The highest BCUT2D eigenvalue weighted by Gasteiger charge is 2.51. The van der Waals surface area contributed by atoms with Gasteiger partial charge in [-0.1, -0.05) is 11.6 Å². The number of fused-ring (bicyclic) bond motifs is 1. The number of pyridine rings is 1. The molecule has 2 aliphatic rings. The van der Waals surface area contributed by atoms with Crippen LogP contribution in [0.2, 0.25) is 5.02 Å². The number of aromatic nitrogens is 3. The summed E-state index contributed by atoms with van der Waals surface area (Å²) in [7, 11) is 3.49. The zero-order valence-corrected chi connectivity index (χ0v) is 20.3. The Labute approximate surface area is 207 Å². The van der Waals surface area contributed by atoms with Gasteiger partial charge in [0.15, 0.2) is 6.29 Å². The van der Waals surface area contributed by atoms with Crippen molar-refractivity contribution >= 4 is 29.4 Å². The molecule has 35 heavy (non-hydrogen) atoms. The third-order valence-corrected chi connectivity index (χ3v) is 7.41. The molecule has 7 nitrogen and oxygen atoms in total. The number of hydrogen-bond acceptors (Lipinski definition) is 6. The maximum Gasteiger partial charge on any atom is 0.155 e. The summed E-state index contributed by atoms with van der Waals surface area (Å²) in [5.41, 5.74) is 7.53. The first-order valence-electron chi connectivity index (χ1n) is 11.4. The topological polar surface area (TPSA) is 106 Å². The number of nitrogens with zero attached hydrogens (tertiary/aromatic N) is 3. The highest BCUT2D eigenvalue weighted by atomic mass is 35.5. The predicted molar refractivity (Wildman–Crippen MR) is 130 cm³/mol. The monoisotopic (exact) mass is 503 g/mol. The van der Waals surface area contributed by atoms with Crippen molar-refractivity contribution < 1.29 is 18.7 Å². The van der Waals surface area contributed by atoms with Crippen LogP contribution in [0.3, 0.4) is 0 Å². The first kappa shape index (κ1) is 25.1. The van der Waals surface area contributed by atoms with Crippen LogP contribution in [0.25, 0.3) is 0 Å². The van der Waals surface area contributed by atoms with Crippen molar-refractivity contribution in [1.82, 2.24) is 14.8 Å². The Bertz CT molecular complexity index is 1200. The van der Waals surface area contributed by atoms with Gasteiger partial charge in [0.05, 0.1) is 28.2 Å². The molecule has 2 fully saturated rings. The average molecular weight is 504 g/mol. The number of aldehydes is 1. The van der Waals surface area contributed by atoms with Crippen molar-refractivity contribution in [3.05, 3.63) is 70.1 Å². The van der Waals surface area contributed by atoms with Crippen LogP contribution in [0.4, 0.5) is 20.3 Å². The van der Waals surface area contributed by atoms with E-state index in [2.05, 4.69) is 15.4 Å². The molecule has 2 aliphatic carbocycles. The molecule has 10 heteroatoms. The van der Waals surface area contributed by atoms with Gasteiger partial charge in [-0.2, -0.15) is 5.10 Å². The summed E-state index contributed by atoms with van der Waals surface area (Å²) in [4.78, 5) is 15.4. The van der Waals surface area contributed by atoms with E-state index in [4.69, 9.17) is 17.3 Å². The lowest BCUT2D eigenvalue weighted by Gasteiger charge is -2.24. The van der Waals surface area contributed by atoms with Gasteiger partial charge in [0.1, 0.15) is 23.1 Å². The SMILES string of the molecule is CNc1ccc(F)c(Cl)c1.Cn1nc(C2CC3CC(O)(c4ccc(F)cn4)CC3C2)c(C=O)c1N. The Morgan fingerprint density at radius 1 is 1.23 bits per heavy atom. The first-order valence-corrected chi connectivity index (χ1v) is 11.8. The van der Waals surface area contributed by atoms with E-state index in [1.165, 1.54) is 18.2 Å². The summed E-state index contributed by atoms with van der Waals surface area (Å²) in [5, 5.41) is 18.4. The van der Waals surface area contributed by atoms with E-state index in [0.717, 1.165) is 36.7 Å². The largest absolute Gasteiger partial charge is 0.388 e. The molecule has 2 unspecified atom stereocenters. The fourth-order valence-electron chi connectivity index (χ4n) is 5.40. The number of halogens is 3. The number of aryl methyl sites for hydroxylation is 1. The molecule has 186 valence electrons. The van der Waals surface area contributed by atoms with Crippen molar-refractivity contribution in [3.8, 4) is 0 Å². The average Bonchev–Trinajstić information content (AvgIpc) is 3.46. The fourth-order valence-corrected chi connectivity index (χ4v) is 5.58. The molecule has 0 amide bonds. The van der Waals surface area contributed by atoms with E-state index < -0.39 is 11.4 Å². The van der Waals surface area contributed by atoms with Crippen LogP contribution < -0.4 is 11.1 Å². The van der Waals surface area contributed by atoms with Gasteiger partial charge in [-0.15, -0.1) is 0 Å². The van der Waals surface area contributed by atoms with Gasteiger partial charge < -0.3 is 16.2 Å². The van der Waals surface area contributed by atoms with Gasteiger partial charge in [-0.25, -0.2) is 8.78 Å². The van der Waals surface area contributed by atoms with Crippen LogP contribution in [0, 0.1) is 23.5 Å². The zero-order chi connectivity index (χ0) is 25.3. The van der Waals surface area contributed by atoms with Gasteiger partial charge in [0, 0.05) is 25.7 Å². The Morgan fingerprint density at radius 3 is 2.46 bits per heavy atom. The molecule has 2 heterocycles. The van der Waals surface area contributed by atoms with Crippen molar-refractivity contribution in [2.45, 2.75) is 37.2 Å². The van der Waals surface area contributed by atoms with Gasteiger partial charge in [0.25, 0.3) is 0 Å². The van der Waals surface area contributed by atoms with E-state index in [-0.39, 0.29) is 16.8 Å². The third kappa shape index (κ3) is 5.01. The number of nitrogens with one attached hydrogen (secondary N) is 1. The van der Waals surface area contributed by atoms with Gasteiger partial charge in [0.2, 0.25) is 0 Å². The second kappa shape index (κ2) is 9.91. The molecule has 0 saturated heterocycles. The number of carbonyl (C=O) groups is 1. The number of carbonyl (C=O) groups excluding carboxylic acids is 1. The van der Waals surface area contributed by atoms with E-state index in [0.29, 0.717) is 41.8 Å². The molecule has 0 aliphatic heterocycles. The summed E-state index contributed by atoms with van der Waals surface area (Å²) >= 11 is 5.48. The highest BCUT2D eigenvalue weighted by Crippen LogP contribution is 2.56. The molecule has 0 radical (unpaired) electrons. The van der Waals surface area contributed by atoms with E-state index in [9.17, 15) is 18.7 Å². The number of aliphatic hydroxyl groups is 1. The molecule has 1 aromatic carbocycles. The van der Waals surface area contributed by atoms with Crippen LogP contribution in [0.1, 0.15) is 53.3 Å². The normalized spacial score (nSPS) is 25.0.